The van der Waals surface area contributed by atoms with Crippen molar-refractivity contribution in [3.8, 4) is 0 Å². The third kappa shape index (κ3) is 4.81. The molecule has 0 saturated carbocycles. The molecule has 0 bridgehead atoms. The van der Waals surface area contributed by atoms with Crippen LogP contribution in [0.3, 0.4) is 0 Å². The highest BCUT2D eigenvalue weighted by molar-refractivity contribution is 5.89. The summed E-state index contributed by atoms with van der Waals surface area (Å²) >= 11 is 0. The predicted molar refractivity (Wildman–Crippen MR) is 134 cm³/mol. The van der Waals surface area contributed by atoms with Crippen molar-refractivity contribution in [1.29, 1.82) is 0 Å². The van der Waals surface area contributed by atoms with Crippen LogP contribution in [0.15, 0.2) is 84.9 Å². The number of fused-ring (bicyclic) bond motifs is 1. The molecule has 3 aromatic carbocycles. The van der Waals surface area contributed by atoms with Gasteiger partial charge in [0.1, 0.15) is 0 Å². The van der Waals surface area contributed by atoms with Gasteiger partial charge < -0.3 is 4.74 Å². The molecule has 0 aliphatic heterocycles. The first-order chi connectivity index (χ1) is 15.5. The summed E-state index contributed by atoms with van der Waals surface area (Å²) in [5.74, 6) is -0.319. The number of carbonyl (C=O) groups excluding carboxylic acids is 1. The van der Waals surface area contributed by atoms with E-state index < -0.39 is 0 Å². The Labute approximate surface area is 190 Å². The summed E-state index contributed by atoms with van der Waals surface area (Å²) in [5, 5.41) is 0. The van der Waals surface area contributed by atoms with Crippen molar-refractivity contribution >= 4 is 29.8 Å². The summed E-state index contributed by atoms with van der Waals surface area (Å²) in [6.07, 6.45) is 12.0. The second kappa shape index (κ2) is 9.23. The van der Waals surface area contributed by atoms with Crippen LogP contribution in [0.25, 0.3) is 23.8 Å². The highest BCUT2D eigenvalue weighted by Gasteiger charge is 2.27. The number of hydrogen-bond donors (Lipinski definition) is 0. The minimum Gasteiger partial charge on any atom is -0.465 e. The molecule has 0 fully saturated rings. The van der Waals surface area contributed by atoms with Crippen LogP contribution in [0.2, 0.25) is 0 Å². The minimum absolute atomic E-state index is 0.116. The summed E-state index contributed by atoms with van der Waals surface area (Å²) in [4.78, 5) is 11.6. The third-order valence-corrected chi connectivity index (χ3v) is 5.97. The van der Waals surface area contributed by atoms with E-state index in [1.807, 2.05) is 18.2 Å². The molecule has 0 unspecified atom stereocenters. The van der Waals surface area contributed by atoms with E-state index in [4.69, 9.17) is 4.74 Å². The van der Waals surface area contributed by atoms with Gasteiger partial charge in [-0.25, -0.2) is 4.79 Å². The highest BCUT2D eigenvalue weighted by Crippen LogP contribution is 2.40. The quantitative estimate of drug-likeness (QED) is 0.317. The number of allylic oxidation sites excluding steroid dienone is 3. The second-order valence-corrected chi connectivity index (χ2v) is 8.74. The van der Waals surface area contributed by atoms with Crippen LogP contribution in [-0.2, 0) is 10.2 Å². The number of ether oxygens (including phenoxy) is 1. The first-order valence-corrected chi connectivity index (χ1v) is 10.9. The Morgan fingerprint density at radius 2 is 1.44 bits per heavy atom. The van der Waals surface area contributed by atoms with Crippen LogP contribution in [0.4, 0.5) is 0 Å². The summed E-state index contributed by atoms with van der Waals surface area (Å²) in [6.45, 7) is 4.61. The van der Waals surface area contributed by atoms with Gasteiger partial charge in [0.05, 0.1) is 12.7 Å². The molecule has 1 aliphatic rings. The molecule has 0 saturated heterocycles. The average Bonchev–Trinajstić information content (AvgIpc) is 2.82. The van der Waals surface area contributed by atoms with E-state index in [2.05, 4.69) is 86.7 Å². The fourth-order valence-electron chi connectivity index (χ4n) is 4.03. The first-order valence-electron chi connectivity index (χ1n) is 10.9. The van der Waals surface area contributed by atoms with E-state index in [-0.39, 0.29) is 11.4 Å². The normalized spacial score (nSPS) is 14.9. The number of methoxy groups -OCH3 is 1. The Kier molecular flexibility index (Phi) is 6.23. The topological polar surface area (TPSA) is 26.3 Å². The van der Waals surface area contributed by atoms with Crippen molar-refractivity contribution in [3.63, 3.8) is 0 Å². The van der Waals surface area contributed by atoms with Crippen molar-refractivity contribution in [1.82, 2.24) is 0 Å². The molecular weight excluding hydrogens is 392 g/mol. The van der Waals surface area contributed by atoms with Gasteiger partial charge in [-0.2, -0.15) is 0 Å². The lowest BCUT2D eigenvalue weighted by Gasteiger charge is -2.31. The second-order valence-electron chi connectivity index (χ2n) is 8.74. The van der Waals surface area contributed by atoms with Gasteiger partial charge in [-0.3, -0.25) is 0 Å². The van der Waals surface area contributed by atoms with E-state index in [0.29, 0.717) is 5.56 Å². The molecule has 1 aliphatic carbocycles. The molecule has 32 heavy (non-hydrogen) atoms. The molecule has 160 valence electrons. The Morgan fingerprint density at radius 1 is 0.812 bits per heavy atom. The van der Waals surface area contributed by atoms with Crippen molar-refractivity contribution in [2.45, 2.75) is 25.7 Å². The van der Waals surface area contributed by atoms with Crippen LogP contribution < -0.4 is 0 Å². The Bertz CT molecular complexity index is 1190. The van der Waals surface area contributed by atoms with Crippen molar-refractivity contribution in [2.75, 3.05) is 7.11 Å². The van der Waals surface area contributed by atoms with Gasteiger partial charge in [0, 0.05) is 0 Å². The Hall–Kier alpha value is -3.65. The van der Waals surface area contributed by atoms with Gasteiger partial charge in [-0.05, 0) is 63.4 Å². The summed E-state index contributed by atoms with van der Waals surface area (Å²) in [7, 11) is 1.39. The molecule has 2 heteroatoms. The monoisotopic (exact) mass is 420 g/mol. The Balaban J connectivity index is 1.61. The number of rotatable bonds is 5. The average molecular weight is 421 g/mol. The third-order valence-electron chi connectivity index (χ3n) is 5.97. The van der Waals surface area contributed by atoms with Crippen LogP contribution in [0, 0.1) is 0 Å². The van der Waals surface area contributed by atoms with Crippen LogP contribution >= 0.6 is 0 Å². The van der Waals surface area contributed by atoms with Crippen LogP contribution in [0.5, 0.6) is 0 Å². The van der Waals surface area contributed by atoms with Gasteiger partial charge >= 0.3 is 5.97 Å². The summed E-state index contributed by atoms with van der Waals surface area (Å²) < 4.78 is 4.77. The molecule has 0 heterocycles. The molecule has 0 amide bonds. The predicted octanol–water partition coefficient (Wildman–Crippen LogP) is 7.42. The molecule has 0 N–H and O–H groups in total. The molecule has 2 nitrogen and oxygen atoms in total. The number of esters is 1. The molecule has 0 radical (unpaired) electrons. The van der Waals surface area contributed by atoms with E-state index in [1.165, 1.54) is 29.4 Å². The first kappa shape index (κ1) is 21.6. The lowest BCUT2D eigenvalue weighted by Crippen LogP contribution is -2.21. The highest BCUT2D eigenvalue weighted by atomic mass is 16.5. The van der Waals surface area contributed by atoms with Gasteiger partial charge in [0.15, 0.2) is 0 Å². The van der Waals surface area contributed by atoms with Crippen molar-refractivity contribution in [2.24, 2.45) is 0 Å². The fourth-order valence-corrected chi connectivity index (χ4v) is 4.03. The maximum absolute atomic E-state index is 11.6. The summed E-state index contributed by atoms with van der Waals surface area (Å²) in [5.41, 5.74) is 8.00. The van der Waals surface area contributed by atoms with Crippen LogP contribution in [-0.4, -0.2) is 13.1 Å². The largest absolute Gasteiger partial charge is 0.465 e. The maximum Gasteiger partial charge on any atom is 0.337 e. The number of hydrogen-bond acceptors (Lipinski definition) is 2. The maximum atomic E-state index is 11.6. The molecule has 0 atom stereocenters. The standard InChI is InChI=1S/C30H28O2/c1-30(2)20-19-25(15-11-22-7-5-4-6-8-22)27-21-24(14-18-28(27)30)10-9-23-12-16-26(17-13-23)29(31)32-3/h4-19,21H,20H2,1-3H3/b10-9+,15-11+. The zero-order valence-electron chi connectivity index (χ0n) is 18.8. The van der Waals surface area contributed by atoms with E-state index in [1.54, 1.807) is 12.1 Å². The van der Waals surface area contributed by atoms with Crippen molar-refractivity contribution < 1.29 is 9.53 Å². The molecule has 3 aromatic rings. The smallest absolute Gasteiger partial charge is 0.337 e. The molecule has 4 rings (SSSR count). The van der Waals surface area contributed by atoms with E-state index in [0.717, 1.165) is 17.5 Å². The summed E-state index contributed by atoms with van der Waals surface area (Å²) in [6, 6.07) is 24.6. The van der Waals surface area contributed by atoms with Gasteiger partial charge in [0.25, 0.3) is 0 Å². The fraction of sp³-hybridized carbons (Fsp3) is 0.167. The lowest BCUT2D eigenvalue weighted by atomic mass is 9.73. The van der Waals surface area contributed by atoms with E-state index in [9.17, 15) is 4.79 Å². The number of benzene rings is 3. The Morgan fingerprint density at radius 3 is 2.16 bits per heavy atom. The lowest BCUT2D eigenvalue weighted by molar-refractivity contribution is 0.0600. The minimum atomic E-state index is -0.319. The zero-order valence-corrected chi connectivity index (χ0v) is 18.8. The van der Waals surface area contributed by atoms with Crippen LogP contribution in [0.1, 0.15) is 58.4 Å². The van der Waals surface area contributed by atoms with Gasteiger partial charge in [-0.15, -0.1) is 0 Å². The van der Waals surface area contributed by atoms with Crippen molar-refractivity contribution in [3.05, 3.63) is 118 Å². The zero-order chi connectivity index (χ0) is 22.6. The molecular formula is C30H28O2. The van der Waals surface area contributed by atoms with Gasteiger partial charge in [-0.1, -0.05) is 98.8 Å². The molecule has 0 spiro atoms. The number of carbonyl (C=O) groups is 1. The molecule has 0 aromatic heterocycles. The SMILES string of the molecule is COC(=O)c1ccc(/C=C/c2ccc3c(c2)C(/C=C/c2ccccc2)=CCC3(C)C)cc1. The van der Waals surface area contributed by atoms with Gasteiger partial charge in [0.2, 0.25) is 0 Å². The van der Waals surface area contributed by atoms with E-state index >= 15 is 0 Å².